The van der Waals surface area contributed by atoms with Crippen LogP contribution in [0.25, 0.3) is 0 Å². The van der Waals surface area contributed by atoms with Crippen LogP contribution >= 0.6 is 0 Å². The van der Waals surface area contributed by atoms with Crippen molar-refractivity contribution >= 4 is 11.9 Å². The molecule has 0 spiro atoms. The molecule has 64 heavy (non-hydrogen) atoms. The predicted molar refractivity (Wildman–Crippen MR) is 277 cm³/mol. The molecule has 1 amide bonds. The quantitative estimate of drug-likeness (QED) is 0.0321. The van der Waals surface area contributed by atoms with Gasteiger partial charge in [-0.15, -0.1) is 0 Å². The normalized spacial score (nSPS) is 14.0. The number of carbonyl (C=O) groups excluding carboxylic acids is 2. The second-order valence-corrected chi connectivity index (χ2v) is 17.5. The molecule has 6 heteroatoms. The third-order valence-corrected chi connectivity index (χ3v) is 11.4. The molecule has 0 heterocycles. The lowest BCUT2D eigenvalue weighted by atomic mass is 10.0. The van der Waals surface area contributed by atoms with E-state index in [9.17, 15) is 19.8 Å². The van der Waals surface area contributed by atoms with Crippen LogP contribution in [-0.2, 0) is 14.3 Å². The van der Waals surface area contributed by atoms with Crippen LogP contribution in [0, 0.1) is 0 Å². The molecule has 0 fully saturated rings. The van der Waals surface area contributed by atoms with E-state index in [1.165, 1.54) is 83.5 Å². The van der Waals surface area contributed by atoms with E-state index in [2.05, 4.69) is 123 Å². The molecular weight excluding hydrogens is 791 g/mol. The smallest absolute Gasteiger partial charge is 0.306 e. The van der Waals surface area contributed by atoms with E-state index >= 15 is 0 Å². The average molecular weight is 890 g/mol. The van der Waals surface area contributed by atoms with Gasteiger partial charge in [-0.25, -0.2) is 0 Å². The largest absolute Gasteiger partial charge is 0.462 e. The number of hydrogen-bond acceptors (Lipinski definition) is 5. The lowest BCUT2D eigenvalue weighted by molar-refractivity contribution is -0.151. The van der Waals surface area contributed by atoms with Crippen molar-refractivity contribution in [3.8, 4) is 0 Å². The lowest BCUT2D eigenvalue weighted by Crippen LogP contribution is -2.46. The molecule has 3 N–H and O–H groups in total. The van der Waals surface area contributed by atoms with Gasteiger partial charge in [0.15, 0.2) is 0 Å². The summed E-state index contributed by atoms with van der Waals surface area (Å²) >= 11 is 0. The third kappa shape index (κ3) is 45.4. The zero-order valence-corrected chi connectivity index (χ0v) is 41.6. The molecule has 0 saturated carbocycles. The summed E-state index contributed by atoms with van der Waals surface area (Å²) in [6, 6.07) is -0.731. The van der Waals surface area contributed by atoms with Crippen molar-refractivity contribution < 1.29 is 24.5 Å². The van der Waals surface area contributed by atoms with Gasteiger partial charge in [0.1, 0.15) is 6.10 Å². The highest BCUT2D eigenvalue weighted by molar-refractivity contribution is 5.77. The maximum Gasteiger partial charge on any atom is 0.306 e. The number of nitrogens with one attached hydrogen (secondary N) is 1. The molecule has 0 radical (unpaired) electrons. The highest BCUT2D eigenvalue weighted by Gasteiger charge is 2.24. The third-order valence-electron chi connectivity index (χ3n) is 11.4. The molecule has 0 bridgehead atoms. The molecule has 0 aromatic heterocycles. The molecule has 0 aliphatic heterocycles. The summed E-state index contributed by atoms with van der Waals surface area (Å²) < 4.78 is 5.90. The van der Waals surface area contributed by atoms with Gasteiger partial charge in [0.25, 0.3) is 0 Å². The van der Waals surface area contributed by atoms with E-state index in [0.717, 1.165) is 103 Å². The van der Waals surface area contributed by atoms with Gasteiger partial charge in [0.2, 0.25) is 5.91 Å². The molecule has 3 unspecified atom stereocenters. The second kappa shape index (κ2) is 50.8. The molecule has 6 nitrogen and oxygen atoms in total. The number of rotatable bonds is 46. The van der Waals surface area contributed by atoms with Crippen LogP contribution in [0.1, 0.15) is 233 Å². The standard InChI is InChI=1S/C58H99NO5/c1-4-7-10-13-16-19-22-25-27-28-29-30-31-33-36-39-42-45-48-51-58(63)64-54(49-46-43-40-37-34-32-26-23-20-17-14-11-8-5-2)52-57(62)59-55(53-60)56(61)50-47-44-41-38-35-24-21-18-15-12-9-6-3/h8,11,16-17,19-20,25-27,29-30,32-33,36-37,40,54-56,60-61H,4-7,9-10,12-15,18,21-24,28,31,34-35,38-39,41-53H2,1-3H3,(H,59,62)/b11-8+,19-16-,20-17+,27-25-,30-29-,32-26+,36-33-,40-37+. The Labute approximate surface area is 395 Å². The van der Waals surface area contributed by atoms with Gasteiger partial charge in [0, 0.05) is 6.42 Å². The van der Waals surface area contributed by atoms with Crippen LogP contribution < -0.4 is 5.32 Å². The first-order chi connectivity index (χ1) is 31.5. The Kier molecular flexibility index (Phi) is 48.2. The zero-order chi connectivity index (χ0) is 46.7. The SMILES string of the molecule is CC/C=C/C/C=C/C/C=C/C/C=C/CCCC(CC(=O)NC(CO)C(O)CCCCCCCCCCCCCC)OC(=O)CCCCC/C=C\C/C=C\C/C=C\C/C=C\CCCCC. The highest BCUT2D eigenvalue weighted by Crippen LogP contribution is 2.16. The number of aliphatic hydroxyl groups excluding tert-OH is 2. The Hall–Kier alpha value is -3.22. The Morgan fingerprint density at radius 3 is 1.33 bits per heavy atom. The molecule has 0 aliphatic rings. The van der Waals surface area contributed by atoms with Gasteiger partial charge in [-0.3, -0.25) is 9.59 Å². The Balaban J connectivity index is 4.72. The molecule has 0 aliphatic carbocycles. The first-order valence-corrected chi connectivity index (χ1v) is 26.5. The van der Waals surface area contributed by atoms with Crippen molar-refractivity contribution in [1.29, 1.82) is 0 Å². The van der Waals surface area contributed by atoms with Crippen molar-refractivity contribution in [3.63, 3.8) is 0 Å². The summed E-state index contributed by atoms with van der Waals surface area (Å²) in [6.07, 6.45) is 67.5. The summed E-state index contributed by atoms with van der Waals surface area (Å²) in [7, 11) is 0. The van der Waals surface area contributed by atoms with Crippen molar-refractivity contribution in [1.82, 2.24) is 5.32 Å². The molecule has 0 aromatic carbocycles. The minimum Gasteiger partial charge on any atom is -0.462 e. The number of amides is 1. The summed E-state index contributed by atoms with van der Waals surface area (Å²) in [4.78, 5) is 26.2. The minimum absolute atomic E-state index is 0.0217. The first kappa shape index (κ1) is 60.8. The summed E-state index contributed by atoms with van der Waals surface area (Å²) in [5.41, 5.74) is 0. The predicted octanol–water partition coefficient (Wildman–Crippen LogP) is 16.1. The van der Waals surface area contributed by atoms with E-state index in [0.29, 0.717) is 19.3 Å². The van der Waals surface area contributed by atoms with Crippen LogP contribution in [0.3, 0.4) is 0 Å². The van der Waals surface area contributed by atoms with Gasteiger partial charge in [-0.2, -0.15) is 0 Å². The van der Waals surface area contributed by atoms with Crippen LogP contribution in [0.4, 0.5) is 0 Å². The van der Waals surface area contributed by atoms with Crippen molar-refractivity contribution in [2.24, 2.45) is 0 Å². The summed E-state index contributed by atoms with van der Waals surface area (Å²) in [5, 5.41) is 23.7. The first-order valence-electron chi connectivity index (χ1n) is 26.5. The Morgan fingerprint density at radius 1 is 0.469 bits per heavy atom. The van der Waals surface area contributed by atoms with Crippen molar-refractivity contribution in [3.05, 3.63) is 97.2 Å². The Morgan fingerprint density at radius 2 is 0.859 bits per heavy atom. The molecule has 0 rings (SSSR count). The van der Waals surface area contributed by atoms with Gasteiger partial charge in [-0.1, -0.05) is 214 Å². The van der Waals surface area contributed by atoms with Gasteiger partial charge < -0.3 is 20.3 Å². The fourth-order valence-electron chi connectivity index (χ4n) is 7.41. The fraction of sp³-hybridized carbons (Fsp3) is 0.690. The van der Waals surface area contributed by atoms with Crippen LogP contribution in [-0.4, -0.2) is 46.9 Å². The molecular formula is C58H99NO5. The zero-order valence-electron chi connectivity index (χ0n) is 41.6. The maximum atomic E-state index is 13.2. The molecule has 0 aromatic rings. The fourth-order valence-corrected chi connectivity index (χ4v) is 7.41. The number of aliphatic hydroxyl groups is 2. The van der Waals surface area contributed by atoms with Crippen molar-refractivity contribution in [2.75, 3.05) is 6.61 Å². The summed E-state index contributed by atoms with van der Waals surface area (Å²) in [6.45, 7) is 6.31. The van der Waals surface area contributed by atoms with Crippen LogP contribution in [0.15, 0.2) is 97.2 Å². The van der Waals surface area contributed by atoms with Gasteiger partial charge >= 0.3 is 5.97 Å². The van der Waals surface area contributed by atoms with Gasteiger partial charge in [-0.05, 0) is 103 Å². The average Bonchev–Trinajstić information content (AvgIpc) is 3.29. The van der Waals surface area contributed by atoms with E-state index in [1.54, 1.807) is 0 Å². The number of hydrogen-bond donors (Lipinski definition) is 3. The minimum atomic E-state index is -0.813. The number of unbranched alkanes of at least 4 members (excludes halogenated alkanes) is 18. The van der Waals surface area contributed by atoms with Gasteiger partial charge in [0.05, 0.1) is 25.2 Å². The van der Waals surface area contributed by atoms with E-state index in [-0.39, 0.29) is 24.9 Å². The second-order valence-electron chi connectivity index (χ2n) is 17.5. The molecule has 366 valence electrons. The van der Waals surface area contributed by atoms with E-state index < -0.39 is 18.2 Å². The lowest BCUT2D eigenvalue weighted by Gasteiger charge is -2.24. The highest BCUT2D eigenvalue weighted by atomic mass is 16.5. The Bertz CT molecular complexity index is 1270. The van der Waals surface area contributed by atoms with Crippen LogP contribution in [0.2, 0.25) is 0 Å². The molecule has 0 saturated heterocycles. The van der Waals surface area contributed by atoms with E-state index in [1.807, 2.05) is 0 Å². The number of esters is 1. The van der Waals surface area contributed by atoms with Crippen molar-refractivity contribution in [2.45, 2.75) is 251 Å². The maximum absolute atomic E-state index is 13.2. The van der Waals surface area contributed by atoms with Crippen LogP contribution in [0.5, 0.6) is 0 Å². The topological polar surface area (TPSA) is 95.9 Å². The van der Waals surface area contributed by atoms with E-state index in [4.69, 9.17) is 4.74 Å². The summed E-state index contributed by atoms with van der Waals surface area (Å²) in [5.74, 6) is -0.571. The number of ether oxygens (including phenoxy) is 1. The number of carbonyl (C=O) groups is 2. The monoisotopic (exact) mass is 890 g/mol. The molecule has 3 atom stereocenters. The number of allylic oxidation sites excluding steroid dienone is 16.